The zero-order valence-electron chi connectivity index (χ0n) is 12.1. The summed E-state index contributed by atoms with van der Waals surface area (Å²) >= 11 is 6.18. The van der Waals surface area contributed by atoms with E-state index >= 15 is 0 Å². The smallest absolute Gasteiger partial charge is 0.236 e. The molecule has 0 saturated carbocycles. The molecule has 0 N–H and O–H groups in total. The number of rotatable bonds is 3. The maximum atomic E-state index is 12.8. The maximum absolute atomic E-state index is 12.8. The Balaban J connectivity index is 2.30. The number of nitrogens with zero attached hydrogens (tertiary/aromatic N) is 3. The lowest BCUT2D eigenvalue weighted by Crippen LogP contribution is -2.15. The summed E-state index contributed by atoms with van der Waals surface area (Å²) in [6.07, 6.45) is 2.05. The van der Waals surface area contributed by atoms with Crippen LogP contribution >= 0.6 is 11.6 Å². The highest BCUT2D eigenvalue weighted by Gasteiger charge is 2.24. The molecule has 2 heterocycles. The Bertz CT molecular complexity index is 947. The van der Waals surface area contributed by atoms with Crippen LogP contribution in [0.1, 0.15) is 18.2 Å². The first-order valence-electron chi connectivity index (χ1n) is 6.79. The lowest BCUT2D eigenvalue weighted by Gasteiger charge is -2.05. The van der Waals surface area contributed by atoms with Crippen molar-refractivity contribution in [2.24, 2.45) is 0 Å². The van der Waals surface area contributed by atoms with Crippen molar-refractivity contribution in [3.8, 4) is 0 Å². The standard InChI is InChI=1S/C15H14ClN3O2S/c1-3-13-14-12(16)8-9-17-15(14)19(18-13)22(20,21)11-6-4-10(2)5-7-11/h4-9H,3H2,1-2H3. The molecule has 0 fully saturated rings. The van der Waals surface area contributed by atoms with E-state index in [-0.39, 0.29) is 10.5 Å². The Morgan fingerprint density at radius 2 is 1.86 bits per heavy atom. The molecule has 0 aliphatic carbocycles. The van der Waals surface area contributed by atoms with E-state index in [2.05, 4.69) is 10.1 Å². The van der Waals surface area contributed by atoms with E-state index in [9.17, 15) is 8.42 Å². The molecule has 114 valence electrons. The molecule has 7 heteroatoms. The molecule has 0 aliphatic heterocycles. The highest BCUT2D eigenvalue weighted by molar-refractivity contribution is 7.90. The van der Waals surface area contributed by atoms with Gasteiger partial charge >= 0.3 is 0 Å². The average Bonchev–Trinajstić information content (AvgIpc) is 2.88. The molecule has 5 nitrogen and oxygen atoms in total. The summed E-state index contributed by atoms with van der Waals surface area (Å²) in [7, 11) is -3.80. The lowest BCUT2D eigenvalue weighted by atomic mass is 10.2. The first-order valence-corrected chi connectivity index (χ1v) is 8.61. The van der Waals surface area contributed by atoms with E-state index in [1.807, 2.05) is 13.8 Å². The molecule has 0 radical (unpaired) electrons. The van der Waals surface area contributed by atoms with Gasteiger partial charge in [0.1, 0.15) is 0 Å². The van der Waals surface area contributed by atoms with Crippen LogP contribution < -0.4 is 0 Å². The minimum atomic E-state index is -3.80. The van der Waals surface area contributed by atoms with Crippen molar-refractivity contribution in [3.63, 3.8) is 0 Å². The topological polar surface area (TPSA) is 64.8 Å². The predicted octanol–water partition coefficient (Wildman–Crippen LogP) is 3.19. The number of fused-ring (bicyclic) bond motifs is 1. The fourth-order valence-electron chi connectivity index (χ4n) is 2.27. The van der Waals surface area contributed by atoms with Gasteiger partial charge in [0, 0.05) is 6.20 Å². The SMILES string of the molecule is CCc1nn(S(=O)(=O)c2ccc(C)cc2)c2nccc(Cl)c12. The van der Waals surface area contributed by atoms with Crippen LogP contribution in [-0.2, 0) is 16.4 Å². The summed E-state index contributed by atoms with van der Waals surface area (Å²) in [5.41, 5.74) is 1.86. The second kappa shape index (κ2) is 5.37. The molecule has 0 saturated heterocycles. The number of aromatic nitrogens is 3. The van der Waals surface area contributed by atoms with Crippen molar-refractivity contribution in [3.05, 3.63) is 52.8 Å². The zero-order chi connectivity index (χ0) is 15.9. The minimum Gasteiger partial charge on any atom is -0.236 e. The first-order chi connectivity index (χ1) is 10.4. The van der Waals surface area contributed by atoms with Gasteiger partial charge in [0.2, 0.25) is 0 Å². The molecule has 0 bridgehead atoms. The third kappa shape index (κ3) is 2.28. The van der Waals surface area contributed by atoms with Crippen LogP contribution in [0.15, 0.2) is 41.4 Å². The Morgan fingerprint density at radius 3 is 2.50 bits per heavy atom. The Labute approximate surface area is 133 Å². The molecule has 0 amide bonds. The second-order valence-electron chi connectivity index (χ2n) is 4.95. The summed E-state index contributed by atoms with van der Waals surface area (Å²) < 4.78 is 26.6. The van der Waals surface area contributed by atoms with Crippen LogP contribution in [0.2, 0.25) is 5.02 Å². The molecule has 1 aromatic carbocycles. The lowest BCUT2D eigenvalue weighted by molar-refractivity contribution is 0.581. The van der Waals surface area contributed by atoms with E-state index < -0.39 is 10.0 Å². The van der Waals surface area contributed by atoms with Gasteiger partial charge in [-0.3, -0.25) is 0 Å². The molecular formula is C15H14ClN3O2S. The second-order valence-corrected chi connectivity index (χ2v) is 7.13. The Hall–Kier alpha value is -1.92. The fraction of sp³-hybridized carbons (Fsp3) is 0.200. The number of halogens is 1. The Kier molecular flexibility index (Phi) is 3.66. The monoisotopic (exact) mass is 335 g/mol. The quantitative estimate of drug-likeness (QED) is 0.737. The number of hydrogen-bond donors (Lipinski definition) is 0. The molecule has 2 aromatic heterocycles. The number of pyridine rings is 1. The summed E-state index contributed by atoms with van der Waals surface area (Å²) in [5, 5.41) is 5.26. The van der Waals surface area contributed by atoms with Crippen LogP contribution in [0.25, 0.3) is 11.0 Å². The molecule has 0 atom stereocenters. The van der Waals surface area contributed by atoms with Crippen LogP contribution in [0.5, 0.6) is 0 Å². The van der Waals surface area contributed by atoms with E-state index in [0.29, 0.717) is 22.5 Å². The molecular weight excluding hydrogens is 322 g/mol. The highest BCUT2D eigenvalue weighted by atomic mass is 35.5. The fourth-order valence-corrected chi connectivity index (χ4v) is 3.77. The minimum absolute atomic E-state index is 0.173. The van der Waals surface area contributed by atoms with E-state index in [1.54, 1.807) is 30.3 Å². The van der Waals surface area contributed by atoms with E-state index in [4.69, 9.17) is 11.6 Å². The number of hydrogen-bond acceptors (Lipinski definition) is 4. The molecule has 22 heavy (non-hydrogen) atoms. The molecule has 0 aliphatic rings. The van der Waals surface area contributed by atoms with Crippen LogP contribution in [-0.4, -0.2) is 22.6 Å². The van der Waals surface area contributed by atoms with Gasteiger partial charge in [-0.25, -0.2) is 4.98 Å². The first kappa shape index (κ1) is 15.0. The van der Waals surface area contributed by atoms with Crippen LogP contribution in [0.4, 0.5) is 0 Å². The van der Waals surface area contributed by atoms with Gasteiger partial charge in [0.25, 0.3) is 10.0 Å². The number of aryl methyl sites for hydroxylation is 2. The molecule has 0 unspecified atom stereocenters. The molecule has 3 rings (SSSR count). The van der Waals surface area contributed by atoms with Crippen molar-refractivity contribution >= 4 is 32.7 Å². The summed E-state index contributed by atoms with van der Waals surface area (Å²) in [4.78, 5) is 4.33. The maximum Gasteiger partial charge on any atom is 0.284 e. The number of benzene rings is 1. The Morgan fingerprint density at radius 1 is 1.18 bits per heavy atom. The van der Waals surface area contributed by atoms with Gasteiger partial charge in [0.05, 0.1) is 21.0 Å². The van der Waals surface area contributed by atoms with Crippen molar-refractivity contribution in [1.29, 1.82) is 0 Å². The average molecular weight is 336 g/mol. The summed E-state index contributed by atoms with van der Waals surface area (Å²) in [6, 6.07) is 8.26. The van der Waals surface area contributed by atoms with E-state index in [0.717, 1.165) is 9.65 Å². The highest BCUT2D eigenvalue weighted by Crippen LogP contribution is 2.28. The van der Waals surface area contributed by atoms with E-state index in [1.165, 1.54) is 6.20 Å². The van der Waals surface area contributed by atoms with Gasteiger partial charge in [-0.2, -0.15) is 13.5 Å². The van der Waals surface area contributed by atoms with Gasteiger partial charge in [-0.15, -0.1) is 4.09 Å². The van der Waals surface area contributed by atoms with Crippen molar-refractivity contribution < 1.29 is 8.42 Å². The third-order valence-corrected chi connectivity index (χ3v) is 5.34. The summed E-state index contributed by atoms with van der Waals surface area (Å²) in [6.45, 7) is 3.80. The summed E-state index contributed by atoms with van der Waals surface area (Å²) in [5.74, 6) is 0. The van der Waals surface area contributed by atoms with Gasteiger partial charge in [-0.05, 0) is 31.5 Å². The van der Waals surface area contributed by atoms with Crippen LogP contribution in [0.3, 0.4) is 0 Å². The molecule has 3 aromatic rings. The van der Waals surface area contributed by atoms with Crippen LogP contribution in [0, 0.1) is 6.92 Å². The molecule has 0 spiro atoms. The van der Waals surface area contributed by atoms with Gasteiger partial charge < -0.3 is 0 Å². The largest absolute Gasteiger partial charge is 0.284 e. The normalized spacial score (nSPS) is 12.0. The third-order valence-electron chi connectivity index (χ3n) is 3.44. The van der Waals surface area contributed by atoms with Gasteiger partial charge in [-0.1, -0.05) is 36.2 Å². The van der Waals surface area contributed by atoms with Crippen molar-refractivity contribution in [2.45, 2.75) is 25.2 Å². The van der Waals surface area contributed by atoms with Crippen molar-refractivity contribution in [2.75, 3.05) is 0 Å². The zero-order valence-corrected chi connectivity index (χ0v) is 13.7. The predicted molar refractivity (Wildman–Crippen MR) is 85.7 cm³/mol. The van der Waals surface area contributed by atoms with Gasteiger partial charge in [0.15, 0.2) is 5.65 Å². The van der Waals surface area contributed by atoms with Crippen molar-refractivity contribution in [1.82, 2.24) is 14.2 Å².